The average molecular weight is 296 g/mol. The zero-order valence-electron chi connectivity index (χ0n) is 12.4. The van der Waals surface area contributed by atoms with Gasteiger partial charge < -0.3 is 19.5 Å². The van der Waals surface area contributed by atoms with Crippen LogP contribution in [0.25, 0.3) is 0 Å². The molecule has 7 nitrogen and oxygen atoms in total. The molecule has 0 spiro atoms. The number of ether oxygens (including phenoxy) is 2. The van der Waals surface area contributed by atoms with E-state index in [9.17, 15) is 15.2 Å². The fourth-order valence-corrected chi connectivity index (χ4v) is 2.61. The summed E-state index contributed by atoms with van der Waals surface area (Å²) >= 11 is 0. The molecule has 1 N–H and O–H groups in total. The lowest BCUT2D eigenvalue weighted by molar-refractivity contribution is -0.384. The number of aliphatic hydroxyl groups is 1. The van der Waals surface area contributed by atoms with Crippen LogP contribution >= 0.6 is 0 Å². The van der Waals surface area contributed by atoms with E-state index < -0.39 is 10.5 Å². The third-order valence-electron chi connectivity index (χ3n) is 3.40. The molecule has 2 rings (SSSR count). The normalized spacial score (nSPS) is 21.1. The predicted octanol–water partition coefficient (Wildman–Crippen LogP) is 1.58. The minimum Gasteiger partial charge on any atom is -0.497 e. The van der Waals surface area contributed by atoms with Crippen LogP contribution in [0.4, 0.5) is 11.4 Å². The van der Waals surface area contributed by atoms with Crippen LogP contribution < -0.4 is 9.64 Å². The quantitative estimate of drug-likeness (QED) is 0.670. The molecule has 1 aliphatic rings. The minimum atomic E-state index is -0.497. The first-order valence-electron chi connectivity index (χ1n) is 6.72. The number of nitro benzene ring substituents is 1. The number of nitrogens with zero attached hydrogens (tertiary/aromatic N) is 2. The lowest BCUT2D eigenvalue weighted by atomic mass is 10.0. The third-order valence-corrected chi connectivity index (χ3v) is 3.40. The molecule has 1 heterocycles. The second-order valence-electron chi connectivity index (χ2n) is 5.67. The van der Waals surface area contributed by atoms with Crippen LogP contribution in [0.2, 0.25) is 0 Å². The largest absolute Gasteiger partial charge is 0.497 e. The summed E-state index contributed by atoms with van der Waals surface area (Å²) in [7, 11) is 1.52. The summed E-state index contributed by atoms with van der Waals surface area (Å²) in [6.07, 6.45) is -0.375. The van der Waals surface area contributed by atoms with Gasteiger partial charge in [-0.05, 0) is 19.9 Å². The predicted molar refractivity (Wildman–Crippen MR) is 77.9 cm³/mol. The van der Waals surface area contributed by atoms with Gasteiger partial charge >= 0.3 is 0 Å². The maximum Gasteiger partial charge on any atom is 0.292 e. The average Bonchev–Trinajstić information content (AvgIpc) is 2.44. The summed E-state index contributed by atoms with van der Waals surface area (Å²) in [5.74, 6) is 0.556. The Morgan fingerprint density at radius 2 is 2.29 bits per heavy atom. The van der Waals surface area contributed by atoms with Crippen LogP contribution in [0.15, 0.2) is 18.2 Å². The summed E-state index contributed by atoms with van der Waals surface area (Å²) in [5.41, 5.74) is 0.00198. The van der Waals surface area contributed by atoms with Crippen molar-refractivity contribution in [1.82, 2.24) is 0 Å². The Labute approximate surface area is 123 Å². The Morgan fingerprint density at radius 1 is 1.57 bits per heavy atom. The van der Waals surface area contributed by atoms with Gasteiger partial charge in [0.1, 0.15) is 11.4 Å². The highest BCUT2D eigenvalue weighted by Gasteiger charge is 2.35. The van der Waals surface area contributed by atoms with Crippen LogP contribution in [0.5, 0.6) is 5.75 Å². The fraction of sp³-hybridized carbons (Fsp3) is 0.571. The Hall–Kier alpha value is -1.86. The number of benzene rings is 1. The first-order valence-corrected chi connectivity index (χ1v) is 6.72. The molecule has 0 aliphatic carbocycles. The topological polar surface area (TPSA) is 85.1 Å². The van der Waals surface area contributed by atoms with Gasteiger partial charge in [0.2, 0.25) is 0 Å². The van der Waals surface area contributed by atoms with Crippen molar-refractivity contribution < 1.29 is 19.5 Å². The SMILES string of the molecule is COc1ccc([N+](=O)[O-])c(N2CC(CO)OC(C)(C)C2)c1. The summed E-state index contributed by atoms with van der Waals surface area (Å²) in [4.78, 5) is 12.7. The van der Waals surface area contributed by atoms with Gasteiger partial charge in [-0.15, -0.1) is 0 Å². The molecule has 0 saturated carbocycles. The van der Waals surface area contributed by atoms with Crippen molar-refractivity contribution in [3.63, 3.8) is 0 Å². The van der Waals surface area contributed by atoms with Crippen molar-refractivity contribution in [2.45, 2.75) is 25.6 Å². The number of methoxy groups -OCH3 is 1. The van der Waals surface area contributed by atoms with Gasteiger partial charge in [0, 0.05) is 25.2 Å². The maximum atomic E-state index is 11.2. The molecule has 0 bridgehead atoms. The zero-order valence-corrected chi connectivity index (χ0v) is 12.4. The summed E-state index contributed by atoms with van der Waals surface area (Å²) < 4.78 is 10.9. The van der Waals surface area contributed by atoms with E-state index in [1.807, 2.05) is 18.7 Å². The van der Waals surface area contributed by atoms with Crippen molar-refractivity contribution in [2.24, 2.45) is 0 Å². The number of rotatable bonds is 4. The number of aliphatic hydroxyl groups excluding tert-OH is 1. The highest BCUT2D eigenvalue weighted by molar-refractivity contribution is 5.66. The number of nitro groups is 1. The number of anilines is 1. The van der Waals surface area contributed by atoms with Crippen LogP contribution in [-0.2, 0) is 4.74 Å². The molecule has 1 aromatic rings. The molecule has 1 aromatic carbocycles. The molecule has 21 heavy (non-hydrogen) atoms. The molecule has 116 valence electrons. The van der Waals surface area contributed by atoms with Crippen molar-refractivity contribution >= 4 is 11.4 Å². The Kier molecular flexibility index (Phi) is 4.34. The molecule has 0 aromatic heterocycles. The molecule has 1 fully saturated rings. The summed E-state index contributed by atoms with van der Waals surface area (Å²) in [6, 6.07) is 4.65. The van der Waals surface area contributed by atoms with Crippen LogP contribution in [-0.4, -0.2) is 48.5 Å². The van der Waals surface area contributed by atoms with Gasteiger partial charge in [-0.3, -0.25) is 10.1 Å². The second kappa shape index (κ2) is 5.87. The summed E-state index contributed by atoms with van der Waals surface area (Å²) in [6.45, 7) is 4.56. The molecule has 7 heteroatoms. The zero-order chi connectivity index (χ0) is 15.6. The van der Waals surface area contributed by atoms with E-state index in [0.717, 1.165) is 0 Å². The first kappa shape index (κ1) is 15.5. The van der Waals surface area contributed by atoms with Gasteiger partial charge in [-0.1, -0.05) is 0 Å². The van der Waals surface area contributed by atoms with E-state index in [1.165, 1.54) is 13.2 Å². The first-order chi connectivity index (χ1) is 9.86. The lowest BCUT2D eigenvalue weighted by Gasteiger charge is -2.43. The maximum absolute atomic E-state index is 11.2. The highest BCUT2D eigenvalue weighted by atomic mass is 16.6. The van der Waals surface area contributed by atoms with E-state index in [4.69, 9.17) is 9.47 Å². The van der Waals surface area contributed by atoms with Gasteiger partial charge in [-0.25, -0.2) is 0 Å². The summed E-state index contributed by atoms with van der Waals surface area (Å²) in [5, 5.41) is 20.6. The standard InChI is InChI=1S/C14H20N2O5/c1-14(2)9-15(7-11(8-17)21-14)13-6-10(20-3)4-5-12(13)16(18)19/h4-6,11,17H,7-9H2,1-3H3. The van der Waals surface area contributed by atoms with Crippen molar-refractivity contribution in [1.29, 1.82) is 0 Å². The Bertz CT molecular complexity index is 532. The highest BCUT2D eigenvalue weighted by Crippen LogP contribution is 2.35. The third kappa shape index (κ3) is 3.43. The molecule has 0 amide bonds. The van der Waals surface area contributed by atoms with Crippen LogP contribution in [0, 0.1) is 10.1 Å². The second-order valence-corrected chi connectivity index (χ2v) is 5.67. The van der Waals surface area contributed by atoms with Gasteiger partial charge in [0.25, 0.3) is 5.69 Å². The Morgan fingerprint density at radius 3 is 2.86 bits per heavy atom. The van der Waals surface area contributed by atoms with Crippen molar-refractivity contribution in [3.8, 4) is 5.75 Å². The van der Waals surface area contributed by atoms with E-state index >= 15 is 0 Å². The van der Waals surface area contributed by atoms with E-state index in [2.05, 4.69) is 0 Å². The molecule has 1 aliphatic heterocycles. The number of hydrogen-bond acceptors (Lipinski definition) is 6. The van der Waals surface area contributed by atoms with Gasteiger partial charge in [-0.2, -0.15) is 0 Å². The van der Waals surface area contributed by atoms with E-state index in [0.29, 0.717) is 24.5 Å². The number of morpholine rings is 1. The smallest absolute Gasteiger partial charge is 0.292 e. The Balaban J connectivity index is 2.41. The van der Waals surface area contributed by atoms with Gasteiger partial charge in [0.15, 0.2) is 0 Å². The van der Waals surface area contributed by atoms with E-state index in [1.54, 1.807) is 12.1 Å². The van der Waals surface area contributed by atoms with Gasteiger partial charge in [0.05, 0.1) is 30.3 Å². The van der Waals surface area contributed by atoms with Crippen LogP contribution in [0.1, 0.15) is 13.8 Å². The molecule has 1 unspecified atom stereocenters. The molecule has 1 atom stereocenters. The molecular formula is C14H20N2O5. The molecule has 1 saturated heterocycles. The monoisotopic (exact) mass is 296 g/mol. The van der Waals surface area contributed by atoms with E-state index in [-0.39, 0.29) is 18.4 Å². The van der Waals surface area contributed by atoms with Crippen molar-refractivity contribution in [3.05, 3.63) is 28.3 Å². The number of hydrogen-bond donors (Lipinski definition) is 1. The molecule has 0 radical (unpaired) electrons. The molecular weight excluding hydrogens is 276 g/mol. The van der Waals surface area contributed by atoms with Crippen LogP contribution in [0.3, 0.4) is 0 Å². The fourth-order valence-electron chi connectivity index (χ4n) is 2.61. The van der Waals surface area contributed by atoms with Crippen molar-refractivity contribution in [2.75, 3.05) is 31.7 Å². The minimum absolute atomic E-state index is 0.0187. The lowest BCUT2D eigenvalue weighted by Crippen LogP contribution is -2.54.